The number of likely N-dealkylation sites (N-methyl/N-ethyl adjacent to an activating group) is 1. The minimum absolute atomic E-state index is 0.139. The molecule has 41 heavy (non-hydrogen) atoms. The lowest BCUT2D eigenvalue weighted by Gasteiger charge is -2.26. The highest BCUT2D eigenvalue weighted by Gasteiger charge is 2.60. The Balaban J connectivity index is 1.45. The number of aliphatic hydroxyl groups is 1. The van der Waals surface area contributed by atoms with Crippen LogP contribution >= 0.6 is 8.18 Å². The van der Waals surface area contributed by atoms with Crippen LogP contribution in [0.1, 0.15) is 26.0 Å². The number of alkyl halides is 2. The zero-order valence-corrected chi connectivity index (χ0v) is 23.1. The number of hydrogen-bond donors (Lipinski definition) is 3. The number of halogens is 2. The summed E-state index contributed by atoms with van der Waals surface area (Å²) in [5.74, 6) is -5.83. The second-order valence-corrected chi connectivity index (χ2v) is 10.8. The summed E-state index contributed by atoms with van der Waals surface area (Å²) in [5, 5.41) is 22.2. The maximum Gasteiger partial charge on any atom is 0.351 e. The van der Waals surface area contributed by atoms with Gasteiger partial charge in [-0.05, 0) is 51.6 Å². The van der Waals surface area contributed by atoms with Crippen molar-refractivity contribution >= 4 is 25.9 Å². The molecule has 224 valence electrons. The summed E-state index contributed by atoms with van der Waals surface area (Å²) in [6, 6.07) is 7.00. The Morgan fingerprint density at radius 3 is 2.63 bits per heavy atom. The summed E-state index contributed by atoms with van der Waals surface area (Å²) >= 11 is 0. The molecule has 2 saturated heterocycles. The first kappa shape index (κ1) is 30.7. The van der Waals surface area contributed by atoms with E-state index >= 15 is 8.78 Å². The van der Waals surface area contributed by atoms with E-state index in [1.54, 1.807) is 25.2 Å². The van der Waals surface area contributed by atoms with Crippen molar-refractivity contribution in [2.24, 2.45) is 0 Å². The molecule has 1 aromatic heterocycles. The van der Waals surface area contributed by atoms with E-state index in [0.717, 1.165) is 32.2 Å². The highest BCUT2D eigenvalue weighted by atomic mass is 31.1. The van der Waals surface area contributed by atoms with Crippen molar-refractivity contribution in [3.8, 4) is 5.75 Å². The lowest BCUT2D eigenvalue weighted by molar-refractivity contribution is -0.177. The summed E-state index contributed by atoms with van der Waals surface area (Å²) in [4.78, 5) is 47.9. The number of aliphatic carboxylic acids is 1. The van der Waals surface area contributed by atoms with Crippen LogP contribution in [0.5, 0.6) is 5.75 Å². The molecular weight excluding hydrogens is 571 g/mol. The zero-order chi connectivity index (χ0) is 29.9. The fourth-order valence-corrected chi connectivity index (χ4v) is 5.46. The fourth-order valence-electron chi connectivity index (χ4n) is 4.43. The number of aromatic nitrogens is 2. The summed E-state index contributed by atoms with van der Waals surface area (Å²) in [5.41, 5.74) is -1.18. The van der Waals surface area contributed by atoms with Gasteiger partial charge in [-0.2, -0.15) is 13.8 Å². The summed E-state index contributed by atoms with van der Waals surface area (Å²) < 4.78 is 53.9. The molecule has 2 aliphatic heterocycles. The van der Waals surface area contributed by atoms with Crippen LogP contribution in [0.2, 0.25) is 0 Å². The van der Waals surface area contributed by atoms with Gasteiger partial charge in [-0.15, -0.1) is 0 Å². The minimum Gasteiger partial charge on any atom is -0.480 e. The molecule has 6 atom stereocenters. The number of benzene rings is 1. The van der Waals surface area contributed by atoms with Crippen molar-refractivity contribution < 1.29 is 47.2 Å². The van der Waals surface area contributed by atoms with Crippen LogP contribution in [0.4, 0.5) is 14.6 Å². The van der Waals surface area contributed by atoms with Crippen LogP contribution in [0.3, 0.4) is 0 Å². The van der Waals surface area contributed by atoms with Crippen molar-refractivity contribution in [1.82, 2.24) is 19.3 Å². The number of ether oxygens (including phenoxy) is 1. The molecule has 1 aromatic carbocycles. The standard InChI is InChI=1S/C24H30F2N5O9P/c1-14(21(34)35)31(41(37)40-15-7-4-3-5-8-15)38-13-17-19(32)24(25,26)22(39-17)30-12-10-18(28-23(30)36)27-20(33)16-9-6-11-29(16)2/h3-5,7-8,10,12,14,16-17,19,22,32,41H,6,9,11,13H2,1-2H3,(H,34,35)(H,27,28,33,36)/t14?,16?,17-,19-,22-/m1/s1. The Morgan fingerprint density at radius 2 is 2.02 bits per heavy atom. The van der Waals surface area contributed by atoms with E-state index in [1.807, 2.05) is 4.90 Å². The van der Waals surface area contributed by atoms with Gasteiger partial charge in [-0.1, -0.05) is 23.0 Å². The van der Waals surface area contributed by atoms with Gasteiger partial charge < -0.3 is 24.8 Å². The second kappa shape index (κ2) is 12.7. The van der Waals surface area contributed by atoms with Gasteiger partial charge in [0.25, 0.3) is 0 Å². The average Bonchev–Trinajstić information content (AvgIpc) is 3.45. The molecule has 0 bridgehead atoms. The smallest absolute Gasteiger partial charge is 0.351 e. The number of rotatable bonds is 11. The Morgan fingerprint density at radius 1 is 1.32 bits per heavy atom. The maximum atomic E-state index is 15.1. The van der Waals surface area contributed by atoms with Gasteiger partial charge in [-0.25, -0.2) is 4.79 Å². The van der Waals surface area contributed by atoms with Crippen LogP contribution in [0.15, 0.2) is 47.4 Å². The van der Waals surface area contributed by atoms with Gasteiger partial charge >= 0.3 is 25.8 Å². The lowest BCUT2D eigenvalue weighted by atomic mass is 10.1. The predicted molar refractivity (Wildman–Crippen MR) is 139 cm³/mol. The zero-order valence-electron chi connectivity index (χ0n) is 22.1. The molecule has 0 saturated carbocycles. The molecule has 4 rings (SSSR count). The van der Waals surface area contributed by atoms with E-state index in [2.05, 4.69) is 10.3 Å². The molecule has 17 heteroatoms. The first-order chi connectivity index (χ1) is 19.4. The fraction of sp³-hybridized carbons (Fsp3) is 0.500. The second-order valence-electron chi connectivity index (χ2n) is 9.59. The third-order valence-electron chi connectivity index (χ3n) is 6.75. The minimum atomic E-state index is -4.01. The third kappa shape index (κ3) is 6.80. The summed E-state index contributed by atoms with van der Waals surface area (Å²) in [6.07, 6.45) is -4.17. The number of hydroxylamine groups is 1. The largest absolute Gasteiger partial charge is 0.480 e. The maximum absolute atomic E-state index is 15.1. The first-order valence-electron chi connectivity index (χ1n) is 12.6. The number of carboxylic acids is 1. The van der Waals surface area contributed by atoms with E-state index in [0.29, 0.717) is 15.8 Å². The Bertz CT molecular complexity index is 1330. The number of likely N-dealkylation sites (tertiary alicyclic amines) is 1. The van der Waals surface area contributed by atoms with E-state index in [1.165, 1.54) is 12.1 Å². The molecule has 2 fully saturated rings. The van der Waals surface area contributed by atoms with Gasteiger partial charge in [0.2, 0.25) is 12.1 Å². The normalized spacial score (nSPS) is 25.6. The number of amides is 1. The van der Waals surface area contributed by atoms with E-state index in [-0.39, 0.29) is 17.5 Å². The number of aliphatic hydroxyl groups excluding tert-OH is 1. The molecule has 14 nitrogen and oxygen atoms in total. The quantitative estimate of drug-likeness (QED) is 0.250. The molecule has 2 aromatic rings. The summed E-state index contributed by atoms with van der Waals surface area (Å²) in [6.45, 7) is 1.02. The van der Waals surface area contributed by atoms with Crippen molar-refractivity contribution in [2.75, 3.05) is 25.5 Å². The monoisotopic (exact) mass is 601 g/mol. The van der Waals surface area contributed by atoms with E-state index in [4.69, 9.17) is 14.1 Å². The van der Waals surface area contributed by atoms with Crippen LogP contribution in [-0.2, 0) is 23.7 Å². The van der Waals surface area contributed by atoms with Gasteiger partial charge in [-0.3, -0.25) is 28.5 Å². The molecule has 3 heterocycles. The number of para-hydroxylation sites is 1. The van der Waals surface area contributed by atoms with Crippen molar-refractivity contribution in [1.29, 1.82) is 0 Å². The van der Waals surface area contributed by atoms with E-state index in [9.17, 15) is 29.2 Å². The highest BCUT2D eigenvalue weighted by Crippen LogP contribution is 2.43. The average molecular weight is 602 g/mol. The van der Waals surface area contributed by atoms with Crippen LogP contribution in [0, 0.1) is 0 Å². The number of carbonyl (C=O) groups excluding carboxylic acids is 1. The topological polar surface area (TPSA) is 173 Å². The molecule has 1 amide bonds. The first-order valence-corrected chi connectivity index (χ1v) is 13.9. The summed E-state index contributed by atoms with van der Waals surface area (Å²) in [7, 11) is -1.62. The predicted octanol–water partition coefficient (Wildman–Crippen LogP) is 1.35. The SMILES string of the molecule is CC(C(=O)O)N(OC[C@H]1O[C@@H](n2ccc(NC(=O)C3CCCN3C)nc2=O)C(F)(F)[C@@H]1O)[PH](=O)Oc1ccccc1. The van der Waals surface area contributed by atoms with Gasteiger partial charge in [0.1, 0.15) is 23.7 Å². The molecular formula is C24H30F2N5O9P. The number of nitrogens with one attached hydrogen (secondary N) is 1. The molecule has 0 radical (unpaired) electrons. The molecule has 3 N–H and O–H groups in total. The number of carboxylic acid groups (broad SMARTS) is 1. The van der Waals surface area contributed by atoms with Crippen LogP contribution < -0.4 is 15.5 Å². The highest BCUT2D eigenvalue weighted by molar-refractivity contribution is 7.36. The Kier molecular flexibility index (Phi) is 9.51. The Labute approximate surface area is 233 Å². The molecule has 0 aliphatic carbocycles. The van der Waals surface area contributed by atoms with Gasteiger partial charge in [0.15, 0.2) is 6.10 Å². The molecule has 0 spiro atoms. The van der Waals surface area contributed by atoms with Crippen LogP contribution in [0.25, 0.3) is 0 Å². The number of nitrogens with zero attached hydrogens (tertiary/aromatic N) is 4. The van der Waals surface area contributed by atoms with Gasteiger partial charge in [0.05, 0.1) is 12.6 Å². The van der Waals surface area contributed by atoms with Crippen molar-refractivity contribution in [3.05, 3.63) is 53.1 Å². The van der Waals surface area contributed by atoms with Crippen molar-refractivity contribution in [3.63, 3.8) is 0 Å². The molecule has 3 unspecified atom stereocenters. The lowest BCUT2D eigenvalue weighted by Crippen LogP contribution is -2.43. The molecule has 2 aliphatic rings. The van der Waals surface area contributed by atoms with E-state index < -0.39 is 62.9 Å². The van der Waals surface area contributed by atoms with Crippen LogP contribution in [-0.4, -0.2) is 91.8 Å². The van der Waals surface area contributed by atoms with Gasteiger partial charge in [0, 0.05) is 6.20 Å². The van der Waals surface area contributed by atoms with Crippen molar-refractivity contribution in [2.45, 2.75) is 56.2 Å². The third-order valence-corrected chi connectivity index (χ3v) is 8.04. The number of carbonyl (C=O) groups is 2. The number of hydrogen-bond acceptors (Lipinski definition) is 10. The number of anilines is 1. The Hall–Kier alpha value is -3.27.